The Morgan fingerprint density at radius 3 is 2.60 bits per heavy atom. The van der Waals surface area contributed by atoms with Crippen LogP contribution in [-0.2, 0) is 18.4 Å². The van der Waals surface area contributed by atoms with Gasteiger partial charge in [-0.3, -0.25) is 4.79 Å². The summed E-state index contributed by atoms with van der Waals surface area (Å²) in [7, 11) is 1.87. The first kappa shape index (κ1) is 11.4. The monoisotopic (exact) mass is 208 g/mol. The molecule has 5 nitrogen and oxygen atoms in total. The van der Waals surface area contributed by atoms with Gasteiger partial charge >= 0.3 is 0 Å². The number of hydrogen-bond donors (Lipinski definition) is 1. The van der Waals surface area contributed by atoms with Gasteiger partial charge in [-0.25, -0.2) is 0 Å². The zero-order chi connectivity index (χ0) is 11.4. The van der Waals surface area contributed by atoms with Crippen LogP contribution in [0.25, 0.3) is 0 Å². The van der Waals surface area contributed by atoms with Gasteiger partial charge in [-0.1, -0.05) is 5.57 Å². The fourth-order valence-corrected chi connectivity index (χ4v) is 1.08. The van der Waals surface area contributed by atoms with Crippen LogP contribution in [0.3, 0.4) is 0 Å². The van der Waals surface area contributed by atoms with E-state index in [9.17, 15) is 4.79 Å². The molecule has 0 spiro atoms. The average molecular weight is 208 g/mol. The minimum absolute atomic E-state index is 0.101. The summed E-state index contributed by atoms with van der Waals surface area (Å²) in [5, 5.41) is 10.6. The molecule has 0 aliphatic heterocycles. The molecule has 0 bridgehead atoms. The van der Waals surface area contributed by atoms with Gasteiger partial charge in [0.25, 0.3) is 0 Å². The molecule has 0 atom stereocenters. The van der Waals surface area contributed by atoms with E-state index in [1.54, 1.807) is 6.08 Å². The predicted molar refractivity (Wildman–Crippen MR) is 57.0 cm³/mol. The van der Waals surface area contributed by atoms with Crippen LogP contribution >= 0.6 is 0 Å². The molecule has 0 saturated carbocycles. The van der Waals surface area contributed by atoms with Gasteiger partial charge in [-0.15, -0.1) is 10.2 Å². The highest BCUT2D eigenvalue weighted by Crippen LogP contribution is 1.96. The summed E-state index contributed by atoms with van der Waals surface area (Å²) in [6.07, 6.45) is 1.56. The second-order valence-corrected chi connectivity index (χ2v) is 3.66. The van der Waals surface area contributed by atoms with Crippen molar-refractivity contribution >= 4 is 5.91 Å². The lowest BCUT2D eigenvalue weighted by Gasteiger charge is -2.02. The van der Waals surface area contributed by atoms with Crippen molar-refractivity contribution in [3.63, 3.8) is 0 Å². The standard InChI is InChI=1S/C10H16N4O/c1-7(2)5-10(15)11-6-9-13-12-8(3)14(9)4/h5H,6H2,1-4H3,(H,11,15). The summed E-state index contributed by atoms with van der Waals surface area (Å²) in [6, 6.07) is 0. The van der Waals surface area contributed by atoms with Crippen LogP contribution in [0.2, 0.25) is 0 Å². The van der Waals surface area contributed by atoms with E-state index in [1.807, 2.05) is 32.4 Å². The highest BCUT2D eigenvalue weighted by atomic mass is 16.1. The highest BCUT2D eigenvalue weighted by molar-refractivity contribution is 5.87. The Morgan fingerprint density at radius 2 is 2.13 bits per heavy atom. The number of allylic oxidation sites excluding steroid dienone is 1. The number of aryl methyl sites for hydroxylation is 1. The molecule has 1 aromatic heterocycles. The molecular weight excluding hydrogens is 192 g/mol. The van der Waals surface area contributed by atoms with Gasteiger partial charge in [-0.2, -0.15) is 0 Å². The summed E-state index contributed by atoms with van der Waals surface area (Å²) in [4.78, 5) is 11.3. The smallest absolute Gasteiger partial charge is 0.244 e. The Hall–Kier alpha value is -1.65. The lowest BCUT2D eigenvalue weighted by atomic mass is 10.3. The molecule has 0 radical (unpaired) electrons. The number of hydrogen-bond acceptors (Lipinski definition) is 3. The maximum atomic E-state index is 11.3. The van der Waals surface area contributed by atoms with Crippen molar-refractivity contribution in [1.82, 2.24) is 20.1 Å². The first-order valence-corrected chi connectivity index (χ1v) is 4.78. The van der Waals surface area contributed by atoms with Crippen molar-refractivity contribution in [2.24, 2.45) is 7.05 Å². The molecule has 1 heterocycles. The number of carbonyl (C=O) groups is 1. The van der Waals surface area contributed by atoms with Gasteiger partial charge in [0.15, 0.2) is 5.82 Å². The molecule has 15 heavy (non-hydrogen) atoms. The second-order valence-electron chi connectivity index (χ2n) is 3.66. The molecular formula is C10H16N4O. The molecule has 0 aromatic carbocycles. The zero-order valence-corrected chi connectivity index (χ0v) is 9.53. The van der Waals surface area contributed by atoms with E-state index in [2.05, 4.69) is 15.5 Å². The third-order valence-corrected chi connectivity index (χ3v) is 2.02. The molecule has 0 fully saturated rings. The lowest BCUT2D eigenvalue weighted by molar-refractivity contribution is -0.116. The molecule has 82 valence electrons. The third-order valence-electron chi connectivity index (χ3n) is 2.02. The van der Waals surface area contributed by atoms with Crippen LogP contribution in [0.1, 0.15) is 25.5 Å². The van der Waals surface area contributed by atoms with Gasteiger partial charge in [0, 0.05) is 13.1 Å². The van der Waals surface area contributed by atoms with Crippen molar-refractivity contribution in [1.29, 1.82) is 0 Å². The summed E-state index contributed by atoms with van der Waals surface area (Å²) in [5.41, 5.74) is 0.974. The predicted octanol–water partition coefficient (Wildman–Crippen LogP) is 0.706. The van der Waals surface area contributed by atoms with Crippen molar-refractivity contribution in [2.75, 3.05) is 0 Å². The number of nitrogens with one attached hydrogen (secondary N) is 1. The average Bonchev–Trinajstić information content (AvgIpc) is 2.44. The van der Waals surface area contributed by atoms with Crippen LogP contribution in [-0.4, -0.2) is 20.7 Å². The highest BCUT2D eigenvalue weighted by Gasteiger charge is 2.05. The molecule has 0 aliphatic carbocycles. The van der Waals surface area contributed by atoms with E-state index in [-0.39, 0.29) is 5.91 Å². The van der Waals surface area contributed by atoms with Gasteiger partial charge in [0.2, 0.25) is 5.91 Å². The topological polar surface area (TPSA) is 59.8 Å². The molecule has 0 unspecified atom stereocenters. The number of carbonyl (C=O) groups excluding carboxylic acids is 1. The van der Waals surface area contributed by atoms with E-state index < -0.39 is 0 Å². The number of rotatable bonds is 3. The van der Waals surface area contributed by atoms with E-state index in [0.29, 0.717) is 6.54 Å². The molecule has 1 aromatic rings. The Labute approximate surface area is 89.2 Å². The molecule has 1 rings (SSSR count). The van der Waals surface area contributed by atoms with Crippen molar-refractivity contribution in [3.8, 4) is 0 Å². The lowest BCUT2D eigenvalue weighted by Crippen LogP contribution is -2.22. The van der Waals surface area contributed by atoms with Gasteiger partial charge in [0.1, 0.15) is 5.82 Å². The molecule has 5 heteroatoms. The molecule has 1 N–H and O–H groups in total. The summed E-state index contributed by atoms with van der Waals surface area (Å²) in [6.45, 7) is 6.03. The second kappa shape index (κ2) is 4.72. The van der Waals surface area contributed by atoms with Gasteiger partial charge < -0.3 is 9.88 Å². The molecule has 0 aliphatic rings. The van der Waals surface area contributed by atoms with Gasteiger partial charge in [-0.05, 0) is 20.8 Å². The fourth-order valence-electron chi connectivity index (χ4n) is 1.08. The van der Waals surface area contributed by atoms with Crippen molar-refractivity contribution in [3.05, 3.63) is 23.3 Å². The normalized spacial score (nSPS) is 9.87. The largest absolute Gasteiger partial charge is 0.345 e. The van der Waals surface area contributed by atoms with E-state index in [1.165, 1.54) is 0 Å². The quantitative estimate of drug-likeness (QED) is 0.744. The first-order chi connectivity index (χ1) is 7.00. The fraction of sp³-hybridized carbons (Fsp3) is 0.500. The summed E-state index contributed by atoms with van der Waals surface area (Å²) < 4.78 is 1.85. The maximum Gasteiger partial charge on any atom is 0.244 e. The SMILES string of the molecule is CC(C)=CC(=O)NCc1nnc(C)n1C. The Morgan fingerprint density at radius 1 is 1.47 bits per heavy atom. The van der Waals surface area contributed by atoms with E-state index in [4.69, 9.17) is 0 Å². The summed E-state index contributed by atoms with van der Waals surface area (Å²) in [5.74, 6) is 1.49. The van der Waals surface area contributed by atoms with Crippen molar-refractivity contribution < 1.29 is 4.79 Å². The Kier molecular flexibility index (Phi) is 3.60. The zero-order valence-electron chi connectivity index (χ0n) is 9.53. The minimum Gasteiger partial charge on any atom is -0.345 e. The molecule has 1 amide bonds. The number of aromatic nitrogens is 3. The van der Waals surface area contributed by atoms with Crippen LogP contribution < -0.4 is 5.32 Å². The van der Waals surface area contributed by atoms with Crippen LogP contribution in [0.15, 0.2) is 11.6 Å². The third kappa shape index (κ3) is 3.19. The van der Waals surface area contributed by atoms with Crippen molar-refractivity contribution in [2.45, 2.75) is 27.3 Å². The minimum atomic E-state index is -0.101. The summed E-state index contributed by atoms with van der Waals surface area (Å²) >= 11 is 0. The van der Waals surface area contributed by atoms with E-state index >= 15 is 0 Å². The number of nitrogens with zero attached hydrogens (tertiary/aromatic N) is 3. The van der Waals surface area contributed by atoms with Crippen LogP contribution in [0.4, 0.5) is 0 Å². The van der Waals surface area contributed by atoms with E-state index in [0.717, 1.165) is 17.2 Å². The number of amides is 1. The van der Waals surface area contributed by atoms with Crippen LogP contribution in [0.5, 0.6) is 0 Å². The van der Waals surface area contributed by atoms with Crippen LogP contribution in [0, 0.1) is 6.92 Å². The maximum absolute atomic E-state index is 11.3. The molecule has 0 saturated heterocycles. The Balaban J connectivity index is 2.55. The Bertz CT molecular complexity index is 388. The first-order valence-electron chi connectivity index (χ1n) is 4.78. The van der Waals surface area contributed by atoms with Gasteiger partial charge in [0.05, 0.1) is 6.54 Å².